The smallest absolute Gasteiger partial charge is 0.406 e. The highest BCUT2D eigenvalue weighted by Gasteiger charge is 2.31. The van der Waals surface area contributed by atoms with Crippen LogP contribution in [0.15, 0.2) is 30.6 Å². The average molecular weight is 398 g/mol. The predicted octanol–water partition coefficient (Wildman–Crippen LogP) is 2.04. The lowest BCUT2D eigenvalue weighted by atomic mass is 10.1. The minimum Gasteiger partial charge on any atom is -0.406 e. The molecule has 28 heavy (non-hydrogen) atoms. The van der Waals surface area contributed by atoms with Crippen LogP contribution in [0.4, 0.5) is 23.7 Å². The Bertz CT molecular complexity index is 793. The van der Waals surface area contributed by atoms with E-state index in [1.807, 2.05) is 0 Å². The Kier molecular flexibility index (Phi) is 5.90. The van der Waals surface area contributed by atoms with Crippen molar-refractivity contribution in [2.24, 2.45) is 13.0 Å². The van der Waals surface area contributed by atoms with Gasteiger partial charge in [0.15, 0.2) is 5.82 Å². The predicted molar refractivity (Wildman–Crippen MR) is 94.7 cm³/mol. The zero-order chi connectivity index (χ0) is 20.1. The second-order valence-corrected chi connectivity index (χ2v) is 6.54. The first-order valence-corrected chi connectivity index (χ1v) is 8.75. The number of rotatable bonds is 6. The molecule has 3 rings (SSSR count). The zero-order valence-corrected chi connectivity index (χ0v) is 15.2. The molecule has 1 aliphatic rings. The number of urea groups is 1. The van der Waals surface area contributed by atoms with Crippen molar-refractivity contribution >= 4 is 11.7 Å². The molecule has 1 aromatic carbocycles. The molecule has 8 nitrogen and oxygen atoms in total. The number of carbonyl (C=O) groups excluding carboxylic acids is 1. The Balaban J connectivity index is 1.40. The van der Waals surface area contributed by atoms with Crippen molar-refractivity contribution in [3.8, 4) is 5.75 Å². The third-order valence-corrected chi connectivity index (χ3v) is 4.33. The first kappa shape index (κ1) is 19.8. The number of halogens is 3. The number of carbonyl (C=O) groups is 1. The Morgan fingerprint density at radius 2 is 2.04 bits per heavy atom. The van der Waals surface area contributed by atoms with Gasteiger partial charge in [0, 0.05) is 32.4 Å². The maximum atomic E-state index is 12.2. The lowest BCUT2D eigenvalue weighted by Crippen LogP contribution is -2.38. The summed E-state index contributed by atoms with van der Waals surface area (Å²) in [5, 5.41) is 9.60. The minimum atomic E-state index is -4.70. The Labute approximate surface area is 159 Å². The van der Waals surface area contributed by atoms with E-state index in [2.05, 4.69) is 30.4 Å². The molecule has 0 aliphatic carbocycles. The highest BCUT2D eigenvalue weighted by Crippen LogP contribution is 2.28. The first-order valence-electron chi connectivity index (χ1n) is 8.75. The maximum absolute atomic E-state index is 12.2. The Hall–Kier alpha value is -2.98. The number of ether oxygens (including phenoxy) is 1. The summed E-state index contributed by atoms with van der Waals surface area (Å²) in [6.45, 7) is 2.23. The summed E-state index contributed by atoms with van der Waals surface area (Å²) < 4.78 is 42.1. The SMILES string of the molecule is Cn1cnc(CNC(=O)NCC2CCN(c3ccc(OC(F)(F)F)cc3)C2)n1. The van der Waals surface area contributed by atoms with Gasteiger partial charge in [-0.25, -0.2) is 9.78 Å². The van der Waals surface area contributed by atoms with E-state index in [0.29, 0.717) is 18.9 Å². The van der Waals surface area contributed by atoms with Crippen molar-refractivity contribution in [2.45, 2.75) is 19.3 Å². The van der Waals surface area contributed by atoms with Crippen LogP contribution in [-0.4, -0.2) is 46.8 Å². The lowest BCUT2D eigenvalue weighted by Gasteiger charge is -2.19. The van der Waals surface area contributed by atoms with Crippen LogP contribution in [0.5, 0.6) is 5.75 Å². The Morgan fingerprint density at radius 3 is 2.68 bits per heavy atom. The van der Waals surface area contributed by atoms with Gasteiger partial charge in [-0.05, 0) is 36.6 Å². The molecule has 0 radical (unpaired) electrons. The van der Waals surface area contributed by atoms with E-state index in [1.54, 1.807) is 30.2 Å². The summed E-state index contributed by atoms with van der Waals surface area (Å²) in [5.74, 6) is 0.542. The van der Waals surface area contributed by atoms with E-state index in [-0.39, 0.29) is 24.2 Å². The van der Waals surface area contributed by atoms with Crippen LogP contribution >= 0.6 is 0 Å². The van der Waals surface area contributed by atoms with Gasteiger partial charge in [-0.2, -0.15) is 5.10 Å². The van der Waals surface area contributed by atoms with Gasteiger partial charge >= 0.3 is 12.4 Å². The summed E-state index contributed by atoms with van der Waals surface area (Å²) in [6, 6.07) is 5.51. The molecular formula is C17H21F3N6O2. The number of alkyl halides is 3. The van der Waals surface area contributed by atoms with Gasteiger partial charge < -0.3 is 20.3 Å². The number of benzene rings is 1. The molecule has 152 valence electrons. The third-order valence-electron chi connectivity index (χ3n) is 4.33. The van der Waals surface area contributed by atoms with Crippen molar-refractivity contribution in [3.05, 3.63) is 36.4 Å². The number of nitrogens with one attached hydrogen (secondary N) is 2. The molecule has 1 aromatic heterocycles. The monoisotopic (exact) mass is 398 g/mol. The first-order chi connectivity index (χ1) is 13.3. The fourth-order valence-corrected chi connectivity index (χ4v) is 3.02. The van der Waals surface area contributed by atoms with Crippen molar-refractivity contribution < 1.29 is 22.7 Å². The fourth-order valence-electron chi connectivity index (χ4n) is 3.02. The standard InChI is InChI=1S/C17H21F3N6O2/c1-25-11-23-15(24-25)9-22-16(27)21-8-12-6-7-26(10-12)13-2-4-14(5-3-13)28-17(18,19)20/h2-5,11-12H,6-10H2,1H3,(H2,21,22,27). The van der Waals surface area contributed by atoms with E-state index in [9.17, 15) is 18.0 Å². The van der Waals surface area contributed by atoms with E-state index in [0.717, 1.165) is 18.7 Å². The number of amides is 2. The second-order valence-electron chi connectivity index (χ2n) is 6.54. The van der Waals surface area contributed by atoms with Crippen LogP contribution in [0.1, 0.15) is 12.2 Å². The normalized spacial score (nSPS) is 16.9. The van der Waals surface area contributed by atoms with Crippen molar-refractivity contribution in [3.63, 3.8) is 0 Å². The number of hydrogen-bond acceptors (Lipinski definition) is 5. The number of nitrogens with zero attached hydrogens (tertiary/aromatic N) is 4. The van der Waals surface area contributed by atoms with Crippen molar-refractivity contribution in [2.75, 3.05) is 24.5 Å². The Morgan fingerprint density at radius 1 is 1.29 bits per heavy atom. The third kappa shape index (κ3) is 5.76. The van der Waals surface area contributed by atoms with Crippen LogP contribution in [-0.2, 0) is 13.6 Å². The van der Waals surface area contributed by atoms with Crippen LogP contribution < -0.4 is 20.3 Å². The molecule has 1 saturated heterocycles. The molecule has 0 saturated carbocycles. The molecule has 0 spiro atoms. The van der Waals surface area contributed by atoms with Gasteiger partial charge in [0.2, 0.25) is 0 Å². The second kappa shape index (κ2) is 8.36. The average Bonchev–Trinajstić information content (AvgIpc) is 3.26. The van der Waals surface area contributed by atoms with Gasteiger partial charge in [-0.3, -0.25) is 4.68 Å². The molecule has 1 atom stereocenters. The van der Waals surface area contributed by atoms with E-state index in [4.69, 9.17) is 0 Å². The van der Waals surface area contributed by atoms with Crippen molar-refractivity contribution in [1.82, 2.24) is 25.4 Å². The van der Waals surface area contributed by atoms with Crippen LogP contribution in [0.25, 0.3) is 0 Å². The topological polar surface area (TPSA) is 84.3 Å². The molecule has 1 aliphatic heterocycles. The molecule has 1 fully saturated rings. The summed E-state index contributed by atoms with van der Waals surface area (Å²) in [5.41, 5.74) is 0.822. The lowest BCUT2D eigenvalue weighted by molar-refractivity contribution is -0.274. The van der Waals surface area contributed by atoms with Crippen molar-refractivity contribution in [1.29, 1.82) is 0 Å². The van der Waals surface area contributed by atoms with Gasteiger partial charge in [0.1, 0.15) is 12.1 Å². The molecule has 2 heterocycles. The molecular weight excluding hydrogens is 377 g/mol. The summed E-state index contributed by atoms with van der Waals surface area (Å²) >= 11 is 0. The van der Waals surface area contributed by atoms with Crippen LogP contribution in [0.2, 0.25) is 0 Å². The summed E-state index contributed by atoms with van der Waals surface area (Å²) in [7, 11) is 1.75. The minimum absolute atomic E-state index is 0.243. The molecule has 1 unspecified atom stereocenters. The van der Waals surface area contributed by atoms with Gasteiger partial charge in [0.05, 0.1) is 6.54 Å². The largest absolute Gasteiger partial charge is 0.573 e. The number of hydrogen-bond donors (Lipinski definition) is 2. The molecule has 2 N–H and O–H groups in total. The quantitative estimate of drug-likeness (QED) is 0.778. The maximum Gasteiger partial charge on any atom is 0.573 e. The highest BCUT2D eigenvalue weighted by molar-refractivity contribution is 5.73. The number of aryl methyl sites for hydroxylation is 1. The van der Waals surface area contributed by atoms with Gasteiger partial charge in [0.25, 0.3) is 0 Å². The highest BCUT2D eigenvalue weighted by atomic mass is 19.4. The number of aromatic nitrogens is 3. The zero-order valence-electron chi connectivity index (χ0n) is 15.2. The van der Waals surface area contributed by atoms with E-state index >= 15 is 0 Å². The molecule has 2 aromatic rings. The van der Waals surface area contributed by atoms with Gasteiger partial charge in [-0.1, -0.05) is 0 Å². The van der Waals surface area contributed by atoms with E-state index < -0.39 is 6.36 Å². The molecule has 2 amide bonds. The van der Waals surface area contributed by atoms with Gasteiger partial charge in [-0.15, -0.1) is 13.2 Å². The fraction of sp³-hybridized carbons (Fsp3) is 0.471. The summed E-state index contributed by atoms with van der Waals surface area (Å²) in [6.07, 6.45) is -2.26. The van der Waals surface area contributed by atoms with E-state index in [1.165, 1.54) is 12.1 Å². The van der Waals surface area contributed by atoms with Crippen LogP contribution in [0, 0.1) is 5.92 Å². The molecule has 0 bridgehead atoms. The summed E-state index contributed by atoms with van der Waals surface area (Å²) in [4.78, 5) is 18.0. The molecule has 11 heteroatoms. The number of anilines is 1. The van der Waals surface area contributed by atoms with Crippen LogP contribution in [0.3, 0.4) is 0 Å².